The van der Waals surface area contributed by atoms with Crippen LogP contribution in [-0.4, -0.2) is 30.7 Å². The van der Waals surface area contributed by atoms with Crippen LogP contribution >= 0.6 is 22.9 Å². The largest absolute Gasteiger partial charge is 0.462 e. The molecule has 1 amide bonds. The number of nitrogens with zero attached hydrogens (tertiary/aromatic N) is 1. The second-order valence-corrected chi connectivity index (χ2v) is 6.23. The summed E-state index contributed by atoms with van der Waals surface area (Å²) >= 11 is 7.43. The van der Waals surface area contributed by atoms with E-state index in [4.69, 9.17) is 16.3 Å². The van der Waals surface area contributed by atoms with Gasteiger partial charge in [0.25, 0.3) is 0 Å². The summed E-state index contributed by atoms with van der Waals surface area (Å²) in [5.74, 6) is -0.649. The minimum absolute atomic E-state index is 0.0106. The third-order valence-electron chi connectivity index (χ3n) is 3.23. The van der Waals surface area contributed by atoms with E-state index in [2.05, 4.69) is 10.3 Å². The molecule has 0 saturated carbocycles. The van der Waals surface area contributed by atoms with Crippen molar-refractivity contribution in [3.8, 4) is 0 Å². The normalized spacial score (nSPS) is 13.7. The highest BCUT2D eigenvalue weighted by Crippen LogP contribution is 2.33. The number of carbonyl (C=O) groups excluding carboxylic acids is 2. The number of aliphatic imine (C=N–C) groups is 1. The molecule has 118 valence electrons. The minimum Gasteiger partial charge on any atom is -0.462 e. The van der Waals surface area contributed by atoms with Gasteiger partial charge in [0.2, 0.25) is 5.91 Å². The highest BCUT2D eigenvalue weighted by molar-refractivity contribution is 7.18. The lowest BCUT2D eigenvalue weighted by molar-refractivity contribution is -0.114. The number of anilines is 1. The van der Waals surface area contributed by atoms with Crippen LogP contribution in [0.2, 0.25) is 5.02 Å². The zero-order chi connectivity index (χ0) is 16.4. The summed E-state index contributed by atoms with van der Waals surface area (Å²) in [5, 5.41) is 3.89. The van der Waals surface area contributed by atoms with Gasteiger partial charge < -0.3 is 10.1 Å². The molecule has 23 heavy (non-hydrogen) atoms. The van der Waals surface area contributed by atoms with Crippen molar-refractivity contribution < 1.29 is 14.3 Å². The Bertz CT molecular complexity index is 813. The van der Waals surface area contributed by atoms with Crippen LogP contribution in [0.1, 0.15) is 27.7 Å². The number of halogens is 1. The van der Waals surface area contributed by atoms with Gasteiger partial charge in [-0.1, -0.05) is 29.8 Å². The second-order valence-electron chi connectivity index (χ2n) is 4.77. The number of thiophene rings is 1. The summed E-state index contributed by atoms with van der Waals surface area (Å²) < 4.78 is 5.02. The number of amides is 1. The monoisotopic (exact) mass is 348 g/mol. The molecule has 5 nitrogen and oxygen atoms in total. The maximum absolute atomic E-state index is 11.9. The Kier molecular flexibility index (Phi) is 4.45. The van der Waals surface area contributed by atoms with Crippen LogP contribution in [0.3, 0.4) is 0 Å². The average molecular weight is 349 g/mol. The van der Waals surface area contributed by atoms with Crippen molar-refractivity contribution in [1.29, 1.82) is 0 Å². The van der Waals surface area contributed by atoms with E-state index in [9.17, 15) is 9.59 Å². The average Bonchev–Trinajstić information content (AvgIpc) is 2.87. The van der Waals surface area contributed by atoms with Crippen LogP contribution in [0.25, 0.3) is 0 Å². The first-order valence-electron chi connectivity index (χ1n) is 7.00. The number of rotatable bonds is 3. The van der Waals surface area contributed by atoms with E-state index in [0.29, 0.717) is 32.8 Å². The molecule has 2 heterocycles. The van der Waals surface area contributed by atoms with Crippen LogP contribution in [0.4, 0.5) is 5.00 Å². The van der Waals surface area contributed by atoms with Gasteiger partial charge in [-0.15, -0.1) is 11.3 Å². The van der Waals surface area contributed by atoms with Crippen molar-refractivity contribution in [3.05, 3.63) is 51.4 Å². The van der Waals surface area contributed by atoms with E-state index in [1.807, 2.05) is 18.2 Å². The number of hydrogen-bond donors (Lipinski definition) is 1. The molecule has 0 unspecified atom stereocenters. The van der Waals surface area contributed by atoms with Crippen molar-refractivity contribution in [1.82, 2.24) is 0 Å². The summed E-state index contributed by atoms with van der Waals surface area (Å²) in [6, 6.07) is 8.96. The molecule has 1 N–H and O–H groups in total. The molecular weight excluding hydrogens is 336 g/mol. The maximum Gasteiger partial charge on any atom is 0.348 e. The number of esters is 1. The van der Waals surface area contributed by atoms with Gasteiger partial charge in [-0.25, -0.2) is 4.79 Å². The van der Waals surface area contributed by atoms with Gasteiger partial charge in [-0.2, -0.15) is 0 Å². The van der Waals surface area contributed by atoms with Gasteiger partial charge in [0.05, 0.1) is 12.3 Å². The zero-order valence-corrected chi connectivity index (χ0v) is 13.8. The lowest BCUT2D eigenvalue weighted by Crippen LogP contribution is -2.12. The Labute approximate surface area is 141 Å². The smallest absolute Gasteiger partial charge is 0.348 e. The molecule has 3 rings (SSSR count). The van der Waals surface area contributed by atoms with E-state index in [0.717, 1.165) is 5.56 Å². The first kappa shape index (κ1) is 15.7. The molecular formula is C16H13ClN2O3S. The molecule has 0 bridgehead atoms. The standard InChI is InChI=1S/C16H13ClN2O3S/c1-2-22-16(21)12-7-10-14(9-5-3-4-6-11(9)17)18-8-13(20)19-15(10)23-12/h3-7H,2,8H2,1H3,(H,19,20). The predicted octanol–water partition coefficient (Wildman–Crippen LogP) is 3.37. The number of nitrogens with one attached hydrogen (secondary N) is 1. The van der Waals surface area contributed by atoms with Gasteiger partial charge in [0.1, 0.15) is 16.4 Å². The topological polar surface area (TPSA) is 67.8 Å². The van der Waals surface area contributed by atoms with E-state index >= 15 is 0 Å². The molecule has 7 heteroatoms. The summed E-state index contributed by atoms with van der Waals surface area (Å²) in [5.41, 5.74) is 1.99. The fourth-order valence-corrected chi connectivity index (χ4v) is 3.44. The fourth-order valence-electron chi connectivity index (χ4n) is 2.25. The van der Waals surface area contributed by atoms with Crippen molar-refractivity contribution in [2.24, 2.45) is 4.99 Å². The Balaban J connectivity index is 2.11. The molecule has 2 aromatic rings. The summed E-state index contributed by atoms with van der Waals surface area (Å²) in [6.45, 7) is 2.05. The number of benzene rings is 1. The van der Waals surface area contributed by atoms with E-state index in [1.165, 1.54) is 11.3 Å². The Morgan fingerprint density at radius 3 is 2.91 bits per heavy atom. The Morgan fingerprint density at radius 1 is 1.39 bits per heavy atom. The number of ether oxygens (including phenoxy) is 1. The first-order valence-corrected chi connectivity index (χ1v) is 8.20. The lowest BCUT2D eigenvalue weighted by Gasteiger charge is -2.06. The van der Waals surface area contributed by atoms with Gasteiger partial charge in [0, 0.05) is 16.1 Å². The van der Waals surface area contributed by atoms with Gasteiger partial charge in [-0.05, 0) is 19.1 Å². The minimum atomic E-state index is -0.418. The molecule has 0 radical (unpaired) electrons. The third-order valence-corrected chi connectivity index (χ3v) is 4.59. The molecule has 0 aliphatic carbocycles. The molecule has 0 spiro atoms. The third kappa shape index (κ3) is 3.13. The Morgan fingerprint density at radius 2 is 2.17 bits per heavy atom. The van der Waals surface area contributed by atoms with Gasteiger partial charge >= 0.3 is 5.97 Å². The van der Waals surface area contributed by atoms with E-state index < -0.39 is 5.97 Å². The summed E-state index contributed by atoms with van der Waals surface area (Å²) in [7, 11) is 0. The number of carbonyl (C=O) groups is 2. The molecule has 1 aromatic carbocycles. The SMILES string of the molecule is CCOC(=O)c1cc2c(s1)NC(=O)CN=C2c1ccccc1Cl. The summed E-state index contributed by atoms with van der Waals surface area (Å²) in [4.78, 5) is 28.6. The Hall–Kier alpha value is -2.18. The van der Waals surface area contributed by atoms with Crippen LogP contribution < -0.4 is 5.32 Å². The number of hydrogen-bond acceptors (Lipinski definition) is 5. The van der Waals surface area contributed by atoms with Crippen LogP contribution in [-0.2, 0) is 9.53 Å². The first-order chi connectivity index (χ1) is 11.1. The second kappa shape index (κ2) is 6.52. The van der Waals surface area contributed by atoms with E-state index in [1.54, 1.807) is 19.1 Å². The van der Waals surface area contributed by atoms with Crippen molar-refractivity contribution in [3.63, 3.8) is 0 Å². The molecule has 0 atom stereocenters. The maximum atomic E-state index is 11.9. The van der Waals surface area contributed by atoms with Gasteiger partial charge in [0.15, 0.2) is 0 Å². The zero-order valence-electron chi connectivity index (χ0n) is 12.3. The van der Waals surface area contributed by atoms with Crippen molar-refractivity contribution >= 4 is 45.5 Å². The molecule has 1 aliphatic heterocycles. The molecule has 0 saturated heterocycles. The van der Waals surface area contributed by atoms with Crippen LogP contribution in [0, 0.1) is 0 Å². The van der Waals surface area contributed by atoms with Gasteiger partial charge in [-0.3, -0.25) is 9.79 Å². The number of fused-ring (bicyclic) bond motifs is 1. The summed E-state index contributed by atoms with van der Waals surface area (Å²) in [6.07, 6.45) is 0. The quantitative estimate of drug-likeness (QED) is 0.865. The predicted molar refractivity (Wildman–Crippen MR) is 90.9 cm³/mol. The molecule has 1 aliphatic rings. The highest BCUT2D eigenvalue weighted by Gasteiger charge is 2.24. The molecule has 1 aromatic heterocycles. The van der Waals surface area contributed by atoms with Crippen LogP contribution in [0.5, 0.6) is 0 Å². The van der Waals surface area contributed by atoms with Crippen molar-refractivity contribution in [2.45, 2.75) is 6.92 Å². The van der Waals surface area contributed by atoms with E-state index in [-0.39, 0.29) is 12.5 Å². The molecule has 0 fully saturated rings. The highest BCUT2D eigenvalue weighted by atomic mass is 35.5. The van der Waals surface area contributed by atoms with Crippen LogP contribution in [0.15, 0.2) is 35.3 Å². The fraction of sp³-hybridized carbons (Fsp3) is 0.188. The lowest BCUT2D eigenvalue weighted by atomic mass is 10.0. The van der Waals surface area contributed by atoms with Crippen molar-refractivity contribution in [2.75, 3.05) is 18.5 Å².